The lowest BCUT2D eigenvalue weighted by Crippen LogP contribution is -1.96. The Bertz CT molecular complexity index is 544. The molecule has 2 rings (SSSR count). The van der Waals surface area contributed by atoms with Crippen LogP contribution in [0.4, 0.5) is 5.69 Å². The Morgan fingerprint density at radius 2 is 2.25 bits per heavy atom. The summed E-state index contributed by atoms with van der Waals surface area (Å²) in [6.45, 7) is 2.94. The van der Waals surface area contributed by atoms with Crippen LogP contribution < -0.4 is 5.73 Å². The number of nitrogen functional groups attached to an aromatic ring is 1. The Morgan fingerprint density at radius 3 is 3.00 bits per heavy atom. The number of nitrogens with two attached hydrogens (primary N) is 1. The average Bonchev–Trinajstić information content (AvgIpc) is 2.74. The molecule has 3 heteroatoms. The molecule has 0 bridgehead atoms. The standard InChI is InChI=1S/C13H13N3/c1-2-16-9-8-15-13(16)7-6-11-4-3-5-12(14)10-11/h3-5,8-10H,2,14H2,1H3. The van der Waals surface area contributed by atoms with Gasteiger partial charge in [-0.2, -0.15) is 0 Å². The summed E-state index contributed by atoms with van der Waals surface area (Å²) in [5, 5.41) is 0. The highest BCUT2D eigenvalue weighted by atomic mass is 15.0. The Labute approximate surface area is 94.9 Å². The van der Waals surface area contributed by atoms with Crippen molar-refractivity contribution < 1.29 is 0 Å². The molecule has 0 unspecified atom stereocenters. The van der Waals surface area contributed by atoms with Crippen molar-refractivity contribution in [3.05, 3.63) is 48.0 Å². The fourth-order valence-corrected chi connectivity index (χ4v) is 1.43. The van der Waals surface area contributed by atoms with Gasteiger partial charge in [0.15, 0.2) is 5.82 Å². The molecule has 0 aliphatic rings. The van der Waals surface area contributed by atoms with Crippen LogP contribution in [0.2, 0.25) is 0 Å². The van der Waals surface area contributed by atoms with E-state index in [1.807, 2.05) is 35.0 Å². The maximum atomic E-state index is 5.68. The van der Waals surface area contributed by atoms with Crippen LogP contribution in [0.15, 0.2) is 36.7 Å². The number of hydrogen-bond acceptors (Lipinski definition) is 2. The van der Waals surface area contributed by atoms with Gasteiger partial charge in [-0.3, -0.25) is 0 Å². The van der Waals surface area contributed by atoms with E-state index >= 15 is 0 Å². The highest BCUT2D eigenvalue weighted by Crippen LogP contribution is 2.05. The molecule has 16 heavy (non-hydrogen) atoms. The predicted molar refractivity (Wildman–Crippen MR) is 64.7 cm³/mol. The zero-order chi connectivity index (χ0) is 11.4. The van der Waals surface area contributed by atoms with Gasteiger partial charge >= 0.3 is 0 Å². The molecule has 1 aromatic carbocycles. The molecule has 0 atom stereocenters. The molecular weight excluding hydrogens is 198 g/mol. The molecule has 80 valence electrons. The van der Waals surface area contributed by atoms with Crippen LogP contribution in [0.5, 0.6) is 0 Å². The summed E-state index contributed by atoms with van der Waals surface area (Å²) in [5.41, 5.74) is 7.31. The predicted octanol–water partition coefficient (Wildman–Crippen LogP) is 1.89. The molecule has 2 aromatic rings. The van der Waals surface area contributed by atoms with E-state index in [1.54, 1.807) is 6.20 Å². The molecule has 2 N–H and O–H groups in total. The molecule has 1 heterocycles. The Hall–Kier alpha value is -2.21. The molecule has 0 aliphatic heterocycles. The quantitative estimate of drug-likeness (QED) is 0.578. The maximum Gasteiger partial charge on any atom is 0.185 e. The third kappa shape index (κ3) is 2.23. The number of benzene rings is 1. The summed E-state index contributed by atoms with van der Waals surface area (Å²) >= 11 is 0. The van der Waals surface area contributed by atoms with E-state index in [0.29, 0.717) is 0 Å². The van der Waals surface area contributed by atoms with Crippen molar-refractivity contribution in [3.63, 3.8) is 0 Å². The summed E-state index contributed by atoms with van der Waals surface area (Å²) in [5.74, 6) is 6.87. The van der Waals surface area contributed by atoms with Crippen molar-refractivity contribution in [2.24, 2.45) is 0 Å². The van der Waals surface area contributed by atoms with Crippen LogP contribution in [0.1, 0.15) is 18.3 Å². The number of anilines is 1. The van der Waals surface area contributed by atoms with Gasteiger partial charge in [-0.25, -0.2) is 4.98 Å². The van der Waals surface area contributed by atoms with Gasteiger partial charge in [-0.15, -0.1) is 0 Å². The zero-order valence-electron chi connectivity index (χ0n) is 9.14. The topological polar surface area (TPSA) is 43.8 Å². The normalized spacial score (nSPS) is 9.56. The minimum Gasteiger partial charge on any atom is -0.399 e. The smallest absolute Gasteiger partial charge is 0.185 e. The summed E-state index contributed by atoms with van der Waals surface area (Å²) in [6.07, 6.45) is 3.68. The number of rotatable bonds is 1. The number of imidazole rings is 1. The van der Waals surface area contributed by atoms with Crippen LogP contribution in [0.25, 0.3) is 0 Å². The molecule has 0 fully saturated rings. The highest BCUT2D eigenvalue weighted by molar-refractivity contribution is 5.48. The molecule has 0 saturated heterocycles. The Morgan fingerprint density at radius 1 is 1.38 bits per heavy atom. The molecule has 0 amide bonds. The first-order valence-electron chi connectivity index (χ1n) is 5.18. The van der Waals surface area contributed by atoms with E-state index in [9.17, 15) is 0 Å². The van der Waals surface area contributed by atoms with Crippen molar-refractivity contribution >= 4 is 5.69 Å². The number of hydrogen-bond donors (Lipinski definition) is 1. The van der Waals surface area contributed by atoms with Gasteiger partial charge < -0.3 is 10.3 Å². The fourth-order valence-electron chi connectivity index (χ4n) is 1.43. The van der Waals surface area contributed by atoms with Gasteiger partial charge in [0.2, 0.25) is 0 Å². The number of aromatic nitrogens is 2. The van der Waals surface area contributed by atoms with Crippen LogP contribution in [-0.2, 0) is 6.54 Å². The van der Waals surface area contributed by atoms with Gasteiger partial charge in [-0.1, -0.05) is 12.0 Å². The molecule has 0 saturated carbocycles. The van der Waals surface area contributed by atoms with Gasteiger partial charge in [0, 0.05) is 30.2 Å². The van der Waals surface area contributed by atoms with Crippen LogP contribution in [0.3, 0.4) is 0 Å². The van der Waals surface area contributed by atoms with Crippen molar-refractivity contribution in [2.45, 2.75) is 13.5 Å². The van der Waals surface area contributed by atoms with E-state index < -0.39 is 0 Å². The summed E-state index contributed by atoms with van der Waals surface area (Å²) in [7, 11) is 0. The first-order chi connectivity index (χ1) is 7.79. The van der Waals surface area contributed by atoms with Gasteiger partial charge in [0.25, 0.3) is 0 Å². The lowest BCUT2D eigenvalue weighted by atomic mass is 10.2. The summed E-state index contributed by atoms with van der Waals surface area (Å²) in [6, 6.07) is 7.53. The molecule has 0 radical (unpaired) electrons. The van der Waals surface area contributed by atoms with Crippen LogP contribution >= 0.6 is 0 Å². The minimum atomic E-state index is 0.727. The average molecular weight is 211 g/mol. The van der Waals surface area contributed by atoms with Gasteiger partial charge in [0.05, 0.1) is 0 Å². The third-order valence-electron chi connectivity index (χ3n) is 2.26. The summed E-state index contributed by atoms with van der Waals surface area (Å²) in [4.78, 5) is 4.18. The second-order valence-corrected chi connectivity index (χ2v) is 3.41. The molecule has 1 aromatic heterocycles. The summed E-state index contributed by atoms with van der Waals surface area (Å²) < 4.78 is 2.00. The van der Waals surface area contributed by atoms with Crippen LogP contribution in [-0.4, -0.2) is 9.55 Å². The van der Waals surface area contributed by atoms with E-state index in [0.717, 1.165) is 23.6 Å². The third-order valence-corrected chi connectivity index (χ3v) is 2.26. The second kappa shape index (κ2) is 4.54. The first-order valence-corrected chi connectivity index (χ1v) is 5.18. The van der Waals surface area contributed by atoms with Crippen molar-refractivity contribution in [3.8, 4) is 11.8 Å². The number of aryl methyl sites for hydroxylation is 1. The van der Waals surface area contributed by atoms with Gasteiger partial charge in [0.1, 0.15) is 0 Å². The fraction of sp³-hybridized carbons (Fsp3) is 0.154. The van der Waals surface area contributed by atoms with Gasteiger partial charge in [-0.05, 0) is 31.0 Å². The maximum absolute atomic E-state index is 5.68. The lowest BCUT2D eigenvalue weighted by molar-refractivity contribution is 0.750. The van der Waals surface area contributed by atoms with Crippen molar-refractivity contribution in [2.75, 3.05) is 5.73 Å². The SMILES string of the molecule is CCn1ccnc1C#Cc1cccc(N)c1. The monoisotopic (exact) mass is 211 g/mol. The van der Waals surface area contributed by atoms with E-state index in [1.165, 1.54) is 0 Å². The van der Waals surface area contributed by atoms with E-state index in [2.05, 4.69) is 23.7 Å². The van der Waals surface area contributed by atoms with Crippen molar-refractivity contribution in [1.82, 2.24) is 9.55 Å². The molecule has 0 aliphatic carbocycles. The molecule has 3 nitrogen and oxygen atoms in total. The van der Waals surface area contributed by atoms with E-state index in [4.69, 9.17) is 5.73 Å². The minimum absolute atomic E-state index is 0.727. The molecule has 0 spiro atoms. The van der Waals surface area contributed by atoms with E-state index in [-0.39, 0.29) is 0 Å². The number of nitrogens with zero attached hydrogens (tertiary/aromatic N) is 2. The highest BCUT2D eigenvalue weighted by Gasteiger charge is 1.95. The molecular formula is C13H13N3. The zero-order valence-corrected chi connectivity index (χ0v) is 9.14. The Kier molecular flexibility index (Phi) is 2.93. The second-order valence-electron chi connectivity index (χ2n) is 3.41. The largest absolute Gasteiger partial charge is 0.399 e. The van der Waals surface area contributed by atoms with Crippen molar-refractivity contribution in [1.29, 1.82) is 0 Å². The van der Waals surface area contributed by atoms with Crippen LogP contribution in [0, 0.1) is 11.8 Å². The lowest BCUT2D eigenvalue weighted by Gasteiger charge is -1.96. The Balaban J connectivity index is 2.28. The first kappa shape index (κ1) is 10.3.